The van der Waals surface area contributed by atoms with Crippen LogP contribution in [0.4, 0.5) is 0 Å². The Balaban J connectivity index is 1.85. The van der Waals surface area contributed by atoms with Crippen molar-refractivity contribution in [1.82, 2.24) is 15.4 Å². The molecule has 2 rings (SSSR count). The van der Waals surface area contributed by atoms with Crippen LogP contribution in [0.15, 0.2) is 18.7 Å². The Labute approximate surface area is 95.4 Å². The molecular weight excluding hydrogens is 204 g/mol. The molecule has 0 saturated carbocycles. The Bertz CT molecular complexity index is 300. The number of nitrogens with one attached hydrogen (secondary N) is 1. The number of hydrogen-bond donors (Lipinski definition) is 2. The van der Waals surface area contributed by atoms with Gasteiger partial charge in [-0.15, -0.1) is 0 Å². The van der Waals surface area contributed by atoms with Crippen LogP contribution in [0.2, 0.25) is 0 Å². The highest BCUT2D eigenvalue weighted by Crippen LogP contribution is 2.22. The lowest BCUT2D eigenvalue weighted by Crippen LogP contribution is -2.29. The molecule has 5 nitrogen and oxygen atoms in total. The highest BCUT2D eigenvalue weighted by Gasteiger charge is 2.18. The largest absolute Gasteiger partial charge is 0.378 e. The van der Waals surface area contributed by atoms with E-state index in [0.717, 1.165) is 25.0 Å². The van der Waals surface area contributed by atoms with Crippen LogP contribution in [0.3, 0.4) is 0 Å². The van der Waals surface area contributed by atoms with E-state index in [1.165, 1.54) is 19.2 Å². The summed E-state index contributed by atoms with van der Waals surface area (Å²) in [5, 5.41) is 0. The number of aromatic nitrogens is 2. The van der Waals surface area contributed by atoms with Gasteiger partial charge in [-0.05, 0) is 25.7 Å². The maximum absolute atomic E-state index is 5.58. The SMILES string of the molecule is NNC(CCC1CCCO1)c1cncnc1. The van der Waals surface area contributed by atoms with Gasteiger partial charge in [-0.25, -0.2) is 9.97 Å². The van der Waals surface area contributed by atoms with Gasteiger partial charge in [0.1, 0.15) is 6.33 Å². The third-order valence-electron chi connectivity index (χ3n) is 2.99. The van der Waals surface area contributed by atoms with Crippen molar-refractivity contribution in [3.63, 3.8) is 0 Å². The number of hydrazine groups is 1. The van der Waals surface area contributed by atoms with E-state index in [2.05, 4.69) is 15.4 Å². The van der Waals surface area contributed by atoms with E-state index in [0.29, 0.717) is 6.10 Å². The molecule has 5 heteroatoms. The number of nitrogens with zero attached hydrogens (tertiary/aromatic N) is 2. The standard InChI is InChI=1S/C11H18N4O/c12-15-11(9-6-13-8-14-7-9)4-3-10-2-1-5-16-10/h6-8,10-11,15H,1-5,12H2. The van der Waals surface area contributed by atoms with E-state index in [1.807, 2.05) is 0 Å². The van der Waals surface area contributed by atoms with Crippen LogP contribution in [-0.4, -0.2) is 22.7 Å². The average molecular weight is 222 g/mol. The summed E-state index contributed by atoms with van der Waals surface area (Å²) in [7, 11) is 0. The van der Waals surface area contributed by atoms with E-state index in [-0.39, 0.29) is 6.04 Å². The fraction of sp³-hybridized carbons (Fsp3) is 0.636. The summed E-state index contributed by atoms with van der Waals surface area (Å²) < 4.78 is 5.58. The van der Waals surface area contributed by atoms with Gasteiger partial charge in [0.25, 0.3) is 0 Å². The van der Waals surface area contributed by atoms with Crippen molar-refractivity contribution in [2.45, 2.75) is 37.8 Å². The summed E-state index contributed by atoms with van der Waals surface area (Å²) in [6, 6.07) is 0.116. The second-order valence-electron chi connectivity index (χ2n) is 4.10. The topological polar surface area (TPSA) is 73.1 Å². The van der Waals surface area contributed by atoms with E-state index in [4.69, 9.17) is 10.6 Å². The summed E-state index contributed by atoms with van der Waals surface area (Å²) in [5.41, 5.74) is 3.84. The van der Waals surface area contributed by atoms with Gasteiger partial charge in [-0.1, -0.05) is 0 Å². The van der Waals surface area contributed by atoms with Crippen LogP contribution in [0.25, 0.3) is 0 Å². The normalized spacial score (nSPS) is 22.2. The molecule has 1 aromatic heterocycles. The Morgan fingerprint density at radius 1 is 1.50 bits per heavy atom. The second-order valence-corrected chi connectivity index (χ2v) is 4.10. The molecule has 1 aliphatic heterocycles. The van der Waals surface area contributed by atoms with Crippen LogP contribution < -0.4 is 11.3 Å². The number of rotatable bonds is 5. The third-order valence-corrected chi connectivity index (χ3v) is 2.99. The van der Waals surface area contributed by atoms with Crippen molar-refractivity contribution in [1.29, 1.82) is 0 Å². The lowest BCUT2D eigenvalue weighted by Gasteiger charge is -2.17. The molecule has 1 fully saturated rings. The van der Waals surface area contributed by atoms with Crippen LogP contribution in [0, 0.1) is 0 Å². The average Bonchev–Trinajstić information content (AvgIpc) is 2.84. The van der Waals surface area contributed by atoms with Crippen molar-refractivity contribution >= 4 is 0 Å². The van der Waals surface area contributed by atoms with Gasteiger partial charge in [0.2, 0.25) is 0 Å². The van der Waals surface area contributed by atoms with Crippen LogP contribution in [0.5, 0.6) is 0 Å². The third kappa shape index (κ3) is 2.98. The molecule has 0 amide bonds. The number of ether oxygens (including phenoxy) is 1. The van der Waals surface area contributed by atoms with E-state index < -0.39 is 0 Å². The minimum atomic E-state index is 0.116. The Kier molecular flexibility index (Phi) is 4.21. The summed E-state index contributed by atoms with van der Waals surface area (Å²) in [5.74, 6) is 5.54. The predicted octanol–water partition coefficient (Wildman–Crippen LogP) is 0.940. The molecule has 1 aliphatic rings. The quantitative estimate of drug-likeness (QED) is 0.573. The van der Waals surface area contributed by atoms with Gasteiger partial charge in [-0.3, -0.25) is 11.3 Å². The monoisotopic (exact) mass is 222 g/mol. The molecule has 2 unspecified atom stereocenters. The summed E-state index contributed by atoms with van der Waals surface area (Å²) in [6.45, 7) is 0.903. The zero-order valence-corrected chi connectivity index (χ0v) is 9.30. The first-order chi connectivity index (χ1) is 7.90. The molecule has 0 bridgehead atoms. The highest BCUT2D eigenvalue weighted by molar-refractivity contribution is 5.08. The molecular formula is C11H18N4O. The molecule has 2 heterocycles. The minimum absolute atomic E-state index is 0.116. The van der Waals surface area contributed by atoms with Crippen LogP contribution in [0.1, 0.15) is 37.3 Å². The molecule has 16 heavy (non-hydrogen) atoms. The van der Waals surface area contributed by atoms with Crippen LogP contribution in [-0.2, 0) is 4.74 Å². The maximum Gasteiger partial charge on any atom is 0.115 e. The smallest absolute Gasteiger partial charge is 0.115 e. The molecule has 0 radical (unpaired) electrons. The predicted molar refractivity (Wildman–Crippen MR) is 60.3 cm³/mol. The van der Waals surface area contributed by atoms with Gasteiger partial charge in [0.05, 0.1) is 6.10 Å². The molecule has 0 aliphatic carbocycles. The molecule has 3 N–H and O–H groups in total. The zero-order valence-electron chi connectivity index (χ0n) is 9.30. The maximum atomic E-state index is 5.58. The lowest BCUT2D eigenvalue weighted by molar-refractivity contribution is 0.0996. The van der Waals surface area contributed by atoms with Crippen molar-refractivity contribution in [2.24, 2.45) is 5.84 Å². The molecule has 0 aromatic carbocycles. The van der Waals surface area contributed by atoms with Crippen molar-refractivity contribution in [3.8, 4) is 0 Å². The summed E-state index contributed by atoms with van der Waals surface area (Å²) in [4.78, 5) is 7.99. The van der Waals surface area contributed by atoms with Crippen molar-refractivity contribution < 1.29 is 4.74 Å². The van der Waals surface area contributed by atoms with Crippen molar-refractivity contribution in [3.05, 3.63) is 24.3 Å². The van der Waals surface area contributed by atoms with E-state index in [9.17, 15) is 0 Å². The Morgan fingerprint density at radius 3 is 2.94 bits per heavy atom. The fourth-order valence-corrected chi connectivity index (χ4v) is 2.06. The first-order valence-corrected chi connectivity index (χ1v) is 5.73. The number of nitrogens with two attached hydrogens (primary N) is 1. The Hall–Kier alpha value is -1.04. The zero-order chi connectivity index (χ0) is 11.2. The summed E-state index contributed by atoms with van der Waals surface area (Å²) in [6.07, 6.45) is 9.86. The second kappa shape index (κ2) is 5.89. The fourth-order valence-electron chi connectivity index (χ4n) is 2.06. The highest BCUT2D eigenvalue weighted by atomic mass is 16.5. The number of hydrogen-bond acceptors (Lipinski definition) is 5. The van der Waals surface area contributed by atoms with Crippen molar-refractivity contribution in [2.75, 3.05) is 6.61 Å². The lowest BCUT2D eigenvalue weighted by atomic mass is 10.0. The van der Waals surface area contributed by atoms with Crippen LogP contribution >= 0.6 is 0 Å². The van der Waals surface area contributed by atoms with Gasteiger partial charge >= 0.3 is 0 Å². The van der Waals surface area contributed by atoms with Gasteiger partial charge in [0, 0.05) is 30.6 Å². The van der Waals surface area contributed by atoms with Gasteiger partial charge < -0.3 is 4.74 Å². The summed E-state index contributed by atoms with van der Waals surface area (Å²) >= 11 is 0. The molecule has 1 aromatic rings. The Morgan fingerprint density at radius 2 is 2.31 bits per heavy atom. The van der Waals surface area contributed by atoms with E-state index in [1.54, 1.807) is 12.4 Å². The first-order valence-electron chi connectivity index (χ1n) is 5.73. The first kappa shape index (κ1) is 11.4. The van der Waals surface area contributed by atoms with E-state index >= 15 is 0 Å². The molecule has 2 atom stereocenters. The minimum Gasteiger partial charge on any atom is -0.378 e. The van der Waals surface area contributed by atoms with Gasteiger partial charge in [0.15, 0.2) is 0 Å². The van der Waals surface area contributed by atoms with Gasteiger partial charge in [-0.2, -0.15) is 0 Å². The molecule has 88 valence electrons. The molecule has 1 saturated heterocycles. The molecule has 0 spiro atoms.